The van der Waals surface area contributed by atoms with Crippen molar-refractivity contribution in [2.45, 2.75) is 26.0 Å². The van der Waals surface area contributed by atoms with Crippen LogP contribution in [0.4, 0.5) is 5.69 Å². The molecule has 2 heterocycles. The molecule has 1 aliphatic rings. The van der Waals surface area contributed by atoms with Gasteiger partial charge in [0.15, 0.2) is 0 Å². The van der Waals surface area contributed by atoms with E-state index in [-0.39, 0.29) is 12.0 Å². The van der Waals surface area contributed by atoms with E-state index in [0.717, 1.165) is 24.5 Å². The zero-order chi connectivity index (χ0) is 16.9. The Balaban J connectivity index is 1.56. The minimum absolute atomic E-state index is 0.0276. The van der Waals surface area contributed by atoms with E-state index in [1.165, 1.54) is 6.33 Å². The fourth-order valence-electron chi connectivity index (χ4n) is 2.93. The van der Waals surface area contributed by atoms with Crippen LogP contribution in [-0.4, -0.2) is 58.4 Å². The van der Waals surface area contributed by atoms with Crippen molar-refractivity contribution < 1.29 is 9.53 Å². The molecular weight excluding hydrogens is 306 g/mol. The molecule has 1 atom stereocenters. The summed E-state index contributed by atoms with van der Waals surface area (Å²) in [6, 6.07) is 8.05. The Morgan fingerprint density at radius 2 is 2.25 bits per heavy atom. The standard InChI is InChI=1S/C17H23N5O2/c1-3-21-11-14(24-16-7-5-4-6-15(16)21)10-20(2)17(23)8-9-22-13-18-12-19-22/h4-7,12-14H,3,8-11H2,1-2H3/t14-/m0/s1. The SMILES string of the molecule is CCN1C[C@H](CN(C)C(=O)CCn2cncn2)Oc2ccccc21. The maximum Gasteiger partial charge on any atom is 0.224 e. The summed E-state index contributed by atoms with van der Waals surface area (Å²) < 4.78 is 7.74. The van der Waals surface area contributed by atoms with Crippen molar-refractivity contribution in [1.29, 1.82) is 0 Å². The maximum absolute atomic E-state index is 12.3. The number of rotatable bonds is 6. The number of fused-ring (bicyclic) bond motifs is 1. The van der Waals surface area contributed by atoms with Gasteiger partial charge in [0.25, 0.3) is 0 Å². The van der Waals surface area contributed by atoms with Crippen molar-refractivity contribution in [2.24, 2.45) is 0 Å². The number of hydrogen-bond acceptors (Lipinski definition) is 5. The van der Waals surface area contributed by atoms with Crippen molar-refractivity contribution in [3.63, 3.8) is 0 Å². The highest BCUT2D eigenvalue weighted by molar-refractivity contribution is 5.75. The van der Waals surface area contributed by atoms with Gasteiger partial charge in [-0.25, -0.2) is 4.98 Å². The average molecular weight is 329 g/mol. The summed E-state index contributed by atoms with van der Waals surface area (Å²) in [6.45, 7) is 4.95. The molecule has 0 aliphatic carbocycles. The number of hydrogen-bond donors (Lipinski definition) is 0. The summed E-state index contributed by atoms with van der Waals surface area (Å²) in [5.41, 5.74) is 1.12. The Morgan fingerprint density at radius 3 is 3.00 bits per heavy atom. The van der Waals surface area contributed by atoms with Gasteiger partial charge in [0, 0.05) is 20.0 Å². The molecule has 0 N–H and O–H groups in total. The third kappa shape index (κ3) is 3.67. The Labute approximate surface area is 141 Å². The number of carbonyl (C=O) groups excluding carboxylic acids is 1. The van der Waals surface area contributed by atoms with E-state index in [1.807, 2.05) is 25.2 Å². The molecule has 2 aromatic rings. The molecule has 0 unspecified atom stereocenters. The number of likely N-dealkylation sites (N-methyl/N-ethyl adjacent to an activating group) is 2. The van der Waals surface area contributed by atoms with Gasteiger partial charge in [-0.05, 0) is 19.1 Å². The second-order valence-electron chi connectivity index (χ2n) is 5.93. The lowest BCUT2D eigenvalue weighted by molar-refractivity contribution is -0.131. The molecule has 0 saturated heterocycles. The molecular formula is C17H23N5O2. The summed E-state index contributed by atoms with van der Waals surface area (Å²) in [5, 5.41) is 4.01. The van der Waals surface area contributed by atoms with Crippen LogP contribution in [0.15, 0.2) is 36.9 Å². The third-order valence-electron chi connectivity index (χ3n) is 4.23. The molecule has 7 heteroatoms. The average Bonchev–Trinajstić information content (AvgIpc) is 3.12. The van der Waals surface area contributed by atoms with E-state index in [9.17, 15) is 4.79 Å². The monoisotopic (exact) mass is 329 g/mol. The van der Waals surface area contributed by atoms with Crippen LogP contribution in [0.3, 0.4) is 0 Å². The number of anilines is 1. The molecule has 1 aliphatic heterocycles. The third-order valence-corrected chi connectivity index (χ3v) is 4.23. The first kappa shape index (κ1) is 16.3. The topological polar surface area (TPSA) is 63.5 Å². The van der Waals surface area contributed by atoms with Gasteiger partial charge in [-0.2, -0.15) is 5.10 Å². The smallest absolute Gasteiger partial charge is 0.224 e. The first-order valence-corrected chi connectivity index (χ1v) is 8.24. The number of para-hydroxylation sites is 2. The fraction of sp³-hybridized carbons (Fsp3) is 0.471. The molecule has 1 amide bonds. The molecule has 0 spiro atoms. The van der Waals surface area contributed by atoms with Crippen LogP contribution in [-0.2, 0) is 11.3 Å². The van der Waals surface area contributed by atoms with Crippen molar-refractivity contribution >= 4 is 11.6 Å². The van der Waals surface area contributed by atoms with Gasteiger partial charge in [0.2, 0.25) is 5.91 Å². The minimum Gasteiger partial charge on any atom is -0.485 e. The number of carbonyl (C=O) groups is 1. The van der Waals surface area contributed by atoms with Gasteiger partial charge in [0.1, 0.15) is 24.5 Å². The first-order valence-electron chi connectivity index (χ1n) is 8.24. The molecule has 1 aromatic carbocycles. The normalized spacial score (nSPS) is 16.4. The molecule has 3 rings (SSSR count). The number of aryl methyl sites for hydroxylation is 1. The molecule has 1 aromatic heterocycles. The van der Waals surface area contributed by atoms with E-state index in [0.29, 0.717) is 19.5 Å². The molecule has 128 valence electrons. The quantitative estimate of drug-likeness (QED) is 0.802. The van der Waals surface area contributed by atoms with Crippen molar-refractivity contribution in [2.75, 3.05) is 31.6 Å². The van der Waals surface area contributed by atoms with Crippen molar-refractivity contribution in [3.8, 4) is 5.75 Å². The highest BCUT2D eigenvalue weighted by atomic mass is 16.5. The number of ether oxygens (including phenoxy) is 1. The molecule has 0 radical (unpaired) electrons. The van der Waals surface area contributed by atoms with Crippen LogP contribution in [0, 0.1) is 0 Å². The number of aromatic nitrogens is 3. The lowest BCUT2D eigenvalue weighted by Gasteiger charge is -2.37. The summed E-state index contributed by atoms with van der Waals surface area (Å²) in [7, 11) is 1.82. The van der Waals surface area contributed by atoms with E-state index in [2.05, 4.69) is 28.0 Å². The summed E-state index contributed by atoms with van der Waals surface area (Å²) in [6.07, 6.45) is 3.47. The zero-order valence-corrected chi connectivity index (χ0v) is 14.1. The van der Waals surface area contributed by atoms with Crippen molar-refractivity contribution in [1.82, 2.24) is 19.7 Å². The Morgan fingerprint density at radius 1 is 1.42 bits per heavy atom. The lowest BCUT2D eigenvalue weighted by Crippen LogP contribution is -2.46. The van der Waals surface area contributed by atoms with Crippen LogP contribution < -0.4 is 9.64 Å². The Kier molecular flexibility index (Phi) is 4.98. The highest BCUT2D eigenvalue weighted by Crippen LogP contribution is 2.32. The Hall–Kier alpha value is -2.57. The van der Waals surface area contributed by atoms with E-state index in [1.54, 1.807) is 15.9 Å². The van der Waals surface area contributed by atoms with Crippen LogP contribution in [0.1, 0.15) is 13.3 Å². The van der Waals surface area contributed by atoms with Crippen molar-refractivity contribution in [3.05, 3.63) is 36.9 Å². The summed E-state index contributed by atoms with van der Waals surface area (Å²) in [4.78, 5) is 20.2. The number of benzene rings is 1. The molecule has 0 saturated carbocycles. The molecule has 0 fully saturated rings. The van der Waals surface area contributed by atoms with Gasteiger partial charge >= 0.3 is 0 Å². The van der Waals surface area contributed by atoms with Gasteiger partial charge in [0.05, 0.1) is 25.3 Å². The second kappa shape index (κ2) is 7.33. The second-order valence-corrected chi connectivity index (χ2v) is 5.93. The van der Waals surface area contributed by atoms with Gasteiger partial charge in [-0.15, -0.1) is 0 Å². The largest absolute Gasteiger partial charge is 0.485 e. The predicted octanol–water partition coefficient (Wildman–Crippen LogP) is 1.41. The summed E-state index contributed by atoms with van der Waals surface area (Å²) in [5.74, 6) is 0.968. The molecule has 24 heavy (non-hydrogen) atoms. The van der Waals surface area contributed by atoms with E-state index in [4.69, 9.17) is 4.74 Å². The van der Waals surface area contributed by atoms with E-state index >= 15 is 0 Å². The lowest BCUT2D eigenvalue weighted by atomic mass is 10.1. The minimum atomic E-state index is -0.0276. The summed E-state index contributed by atoms with van der Waals surface area (Å²) >= 11 is 0. The molecule has 7 nitrogen and oxygen atoms in total. The van der Waals surface area contributed by atoms with Crippen LogP contribution in [0.2, 0.25) is 0 Å². The highest BCUT2D eigenvalue weighted by Gasteiger charge is 2.26. The number of amides is 1. The number of nitrogens with zero attached hydrogens (tertiary/aromatic N) is 5. The first-order chi connectivity index (χ1) is 11.7. The van der Waals surface area contributed by atoms with Crippen LogP contribution in [0.25, 0.3) is 0 Å². The van der Waals surface area contributed by atoms with Gasteiger partial charge in [-0.3, -0.25) is 9.48 Å². The Bertz CT molecular complexity index is 673. The van der Waals surface area contributed by atoms with Crippen LogP contribution >= 0.6 is 0 Å². The predicted molar refractivity (Wildman–Crippen MR) is 91.0 cm³/mol. The zero-order valence-electron chi connectivity index (χ0n) is 14.1. The maximum atomic E-state index is 12.3. The fourth-order valence-corrected chi connectivity index (χ4v) is 2.93. The van der Waals surface area contributed by atoms with Crippen LogP contribution in [0.5, 0.6) is 5.75 Å². The van der Waals surface area contributed by atoms with Gasteiger partial charge in [-0.1, -0.05) is 12.1 Å². The van der Waals surface area contributed by atoms with Gasteiger partial charge < -0.3 is 14.5 Å². The molecule has 0 bridgehead atoms. The van der Waals surface area contributed by atoms with E-state index < -0.39 is 0 Å².